The van der Waals surface area contributed by atoms with Gasteiger partial charge in [-0.1, -0.05) is 18.2 Å². The normalized spacial score (nSPS) is 28.1. The van der Waals surface area contributed by atoms with E-state index in [1.807, 2.05) is 24.3 Å². The van der Waals surface area contributed by atoms with Gasteiger partial charge in [-0.2, -0.15) is 0 Å². The van der Waals surface area contributed by atoms with Crippen LogP contribution >= 0.6 is 0 Å². The SMILES string of the molecule is O=C(O)C1CC(O)CN1C(=O)C1Cc2ccccc2N1. The van der Waals surface area contributed by atoms with Gasteiger partial charge in [-0.25, -0.2) is 4.79 Å². The van der Waals surface area contributed by atoms with Crippen LogP contribution in [0.3, 0.4) is 0 Å². The van der Waals surface area contributed by atoms with Gasteiger partial charge in [0.15, 0.2) is 0 Å². The van der Waals surface area contributed by atoms with Crippen molar-refractivity contribution in [2.45, 2.75) is 31.0 Å². The van der Waals surface area contributed by atoms with Crippen LogP contribution in [0.5, 0.6) is 0 Å². The molecule has 3 atom stereocenters. The molecule has 1 amide bonds. The Labute approximate surface area is 116 Å². The zero-order valence-corrected chi connectivity index (χ0v) is 10.8. The van der Waals surface area contributed by atoms with Gasteiger partial charge in [0.25, 0.3) is 0 Å². The van der Waals surface area contributed by atoms with Crippen molar-refractivity contribution >= 4 is 17.6 Å². The number of carbonyl (C=O) groups excluding carboxylic acids is 1. The van der Waals surface area contributed by atoms with Crippen molar-refractivity contribution in [3.63, 3.8) is 0 Å². The van der Waals surface area contributed by atoms with Crippen LogP contribution in [0.4, 0.5) is 5.69 Å². The standard InChI is InChI=1S/C14H16N2O4/c17-9-6-12(14(19)20)16(7-9)13(18)11-5-8-3-1-2-4-10(8)15-11/h1-4,9,11-12,15,17H,5-7H2,(H,19,20). The molecule has 0 saturated carbocycles. The number of aliphatic hydroxyl groups is 1. The molecule has 20 heavy (non-hydrogen) atoms. The van der Waals surface area contributed by atoms with E-state index in [0.29, 0.717) is 6.42 Å². The molecular weight excluding hydrogens is 260 g/mol. The average Bonchev–Trinajstić information content (AvgIpc) is 3.01. The first-order valence-corrected chi connectivity index (χ1v) is 6.62. The number of aliphatic hydroxyl groups excluding tert-OH is 1. The van der Waals surface area contributed by atoms with Crippen molar-refractivity contribution in [2.75, 3.05) is 11.9 Å². The Hall–Kier alpha value is -2.08. The molecule has 2 aliphatic heterocycles. The molecule has 1 fully saturated rings. The van der Waals surface area contributed by atoms with Crippen LogP contribution in [-0.4, -0.2) is 51.7 Å². The van der Waals surface area contributed by atoms with Crippen LogP contribution in [0.15, 0.2) is 24.3 Å². The molecule has 1 aromatic carbocycles. The molecule has 0 spiro atoms. The lowest BCUT2D eigenvalue weighted by Gasteiger charge is -2.24. The number of anilines is 1. The van der Waals surface area contributed by atoms with Gasteiger partial charge in [0.05, 0.1) is 6.10 Å². The highest BCUT2D eigenvalue weighted by Gasteiger charge is 2.42. The predicted molar refractivity (Wildman–Crippen MR) is 71.3 cm³/mol. The number of nitrogens with one attached hydrogen (secondary N) is 1. The highest BCUT2D eigenvalue weighted by molar-refractivity contribution is 5.91. The predicted octanol–water partition coefficient (Wildman–Crippen LogP) is 0.0696. The van der Waals surface area contributed by atoms with Crippen molar-refractivity contribution in [3.8, 4) is 0 Å². The maximum absolute atomic E-state index is 12.5. The summed E-state index contributed by atoms with van der Waals surface area (Å²) < 4.78 is 0. The smallest absolute Gasteiger partial charge is 0.326 e. The number of para-hydroxylation sites is 1. The molecule has 6 nitrogen and oxygen atoms in total. The first-order valence-electron chi connectivity index (χ1n) is 6.62. The summed E-state index contributed by atoms with van der Waals surface area (Å²) >= 11 is 0. The number of aliphatic carboxylic acids is 1. The summed E-state index contributed by atoms with van der Waals surface area (Å²) in [6, 6.07) is 6.27. The second kappa shape index (κ2) is 4.79. The van der Waals surface area contributed by atoms with E-state index in [4.69, 9.17) is 5.11 Å². The van der Waals surface area contributed by atoms with Crippen molar-refractivity contribution in [3.05, 3.63) is 29.8 Å². The summed E-state index contributed by atoms with van der Waals surface area (Å²) in [6.45, 7) is 0.0876. The van der Waals surface area contributed by atoms with Gasteiger partial charge in [0, 0.05) is 25.1 Å². The molecule has 0 radical (unpaired) electrons. The Balaban J connectivity index is 1.76. The lowest BCUT2D eigenvalue weighted by Crippen LogP contribution is -2.47. The fourth-order valence-corrected chi connectivity index (χ4v) is 2.94. The Kier molecular flexibility index (Phi) is 3.10. The van der Waals surface area contributed by atoms with Gasteiger partial charge in [-0.15, -0.1) is 0 Å². The molecule has 0 bridgehead atoms. The molecule has 1 aromatic rings. The van der Waals surface area contributed by atoms with Crippen molar-refractivity contribution in [2.24, 2.45) is 0 Å². The monoisotopic (exact) mass is 276 g/mol. The molecular formula is C14H16N2O4. The molecule has 1 saturated heterocycles. The van der Waals surface area contributed by atoms with Crippen molar-refractivity contribution in [1.29, 1.82) is 0 Å². The molecule has 6 heteroatoms. The summed E-state index contributed by atoms with van der Waals surface area (Å²) in [5.41, 5.74) is 1.97. The van der Waals surface area contributed by atoms with Gasteiger partial charge in [0.1, 0.15) is 12.1 Å². The van der Waals surface area contributed by atoms with Crippen molar-refractivity contribution in [1.82, 2.24) is 4.90 Å². The number of likely N-dealkylation sites (tertiary alicyclic amines) is 1. The molecule has 0 aromatic heterocycles. The minimum absolute atomic E-state index is 0.0876. The van der Waals surface area contributed by atoms with Gasteiger partial charge < -0.3 is 20.4 Å². The van der Waals surface area contributed by atoms with Crippen LogP contribution < -0.4 is 5.32 Å². The van der Waals surface area contributed by atoms with Crippen LogP contribution in [0.1, 0.15) is 12.0 Å². The number of rotatable bonds is 2. The van der Waals surface area contributed by atoms with Crippen LogP contribution in [0, 0.1) is 0 Å². The number of hydrogen-bond donors (Lipinski definition) is 3. The van der Waals surface area contributed by atoms with E-state index in [1.165, 1.54) is 4.90 Å². The maximum atomic E-state index is 12.5. The lowest BCUT2D eigenvalue weighted by molar-refractivity contribution is -0.148. The molecule has 2 aliphatic rings. The summed E-state index contributed by atoms with van der Waals surface area (Å²) in [4.78, 5) is 24.9. The van der Waals surface area contributed by atoms with E-state index in [9.17, 15) is 14.7 Å². The van der Waals surface area contributed by atoms with E-state index < -0.39 is 24.2 Å². The number of fused-ring (bicyclic) bond motifs is 1. The van der Waals surface area contributed by atoms with Gasteiger partial charge in [0.2, 0.25) is 5.91 Å². The van der Waals surface area contributed by atoms with E-state index in [-0.39, 0.29) is 18.9 Å². The average molecular weight is 276 g/mol. The Morgan fingerprint density at radius 1 is 1.30 bits per heavy atom. The Morgan fingerprint density at radius 2 is 2.05 bits per heavy atom. The van der Waals surface area contributed by atoms with Crippen LogP contribution in [-0.2, 0) is 16.0 Å². The topological polar surface area (TPSA) is 89.9 Å². The van der Waals surface area contributed by atoms with E-state index in [1.54, 1.807) is 0 Å². The highest BCUT2D eigenvalue weighted by atomic mass is 16.4. The number of hydrogen-bond acceptors (Lipinski definition) is 4. The number of carboxylic acid groups (broad SMARTS) is 1. The first kappa shape index (κ1) is 12.9. The fourth-order valence-electron chi connectivity index (χ4n) is 2.94. The molecule has 3 rings (SSSR count). The van der Waals surface area contributed by atoms with Gasteiger partial charge in [-0.05, 0) is 11.6 Å². The van der Waals surface area contributed by atoms with E-state index in [2.05, 4.69) is 5.32 Å². The number of carboxylic acids is 1. The summed E-state index contributed by atoms with van der Waals surface area (Å²) in [5, 5.41) is 21.9. The third kappa shape index (κ3) is 2.12. The zero-order chi connectivity index (χ0) is 14.3. The Morgan fingerprint density at radius 3 is 2.75 bits per heavy atom. The quantitative estimate of drug-likeness (QED) is 0.711. The third-order valence-corrected chi connectivity index (χ3v) is 3.92. The Bertz CT molecular complexity index is 535. The molecule has 2 heterocycles. The third-order valence-electron chi connectivity index (χ3n) is 3.92. The maximum Gasteiger partial charge on any atom is 0.326 e. The number of benzene rings is 1. The largest absolute Gasteiger partial charge is 0.480 e. The van der Waals surface area contributed by atoms with E-state index in [0.717, 1.165) is 11.3 Å². The lowest BCUT2D eigenvalue weighted by atomic mass is 10.1. The molecule has 106 valence electrons. The minimum atomic E-state index is -1.06. The molecule has 3 unspecified atom stereocenters. The highest BCUT2D eigenvalue weighted by Crippen LogP contribution is 2.28. The minimum Gasteiger partial charge on any atom is -0.480 e. The summed E-state index contributed by atoms with van der Waals surface area (Å²) in [5.74, 6) is -1.32. The second-order valence-corrected chi connectivity index (χ2v) is 5.29. The number of β-amino-alcohol motifs (C(OH)–C–C–N with tert-alkyl or cyclic N) is 1. The van der Waals surface area contributed by atoms with Crippen LogP contribution in [0.25, 0.3) is 0 Å². The first-order chi connectivity index (χ1) is 9.56. The van der Waals surface area contributed by atoms with Crippen LogP contribution in [0.2, 0.25) is 0 Å². The fraction of sp³-hybridized carbons (Fsp3) is 0.429. The number of amides is 1. The second-order valence-electron chi connectivity index (χ2n) is 5.29. The summed E-state index contributed by atoms with van der Waals surface area (Å²) in [7, 11) is 0. The summed E-state index contributed by atoms with van der Waals surface area (Å²) in [6.07, 6.45) is -0.113. The number of nitrogens with zero attached hydrogens (tertiary/aromatic N) is 1. The molecule has 0 aliphatic carbocycles. The van der Waals surface area contributed by atoms with Gasteiger partial charge in [-0.3, -0.25) is 4.79 Å². The zero-order valence-electron chi connectivity index (χ0n) is 10.8. The number of carbonyl (C=O) groups is 2. The van der Waals surface area contributed by atoms with Gasteiger partial charge >= 0.3 is 5.97 Å². The molecule has 3 N–H and O–H groups in total. The van der Waals surface area contributed by atoms with Crippen molar-refractivity contribution < 1.29 is 19.8 Å². The van der Waals surface area contributed by atoms with E-state index >= 15 is 0 Å².